The number of hydrogen-bond acceptors (Lipinski definition) is 20. The van der Waals surface area contributed by atoms with Gasteiger partial charge in [0.15, 0.2) is 0 Å². The largest absolute Gasteiger partial charge is 0.450 e. The van der Waals surface area contributed by atoms with E-state index in [1.807, 2.05) is 136 Å². The summed E-state index contributed by atoms with van der Waals surface area (Å²) in [5, 5.41) is 7.89. The van der Waals surface area contributed by atoms with Crippen molar-refractivity contribution in [3.63, 3.8) is 0 Å². The number of pyridine rings is 6. The van der Waals surface area contributed by atoms with Gasteiger partial charge in [-0.05, 0) is 167 Å². The molecule has 0 saturated carbocycles. The second-order valence-corrected chi connectivity index (χ2v) is 25.4. The van der Waals surface area contributed by atoms with Crippen LogP contribution in [0.4, 0.5) is 32.2 Å². The molecule has 28 heteroatoms. The fourth-order valence-corrected chi connectivity index (χ4v) is 13.0. The third kappa shape index (κ3) is 17.9. The predicted octanol–water partition coefficient (Wildman–Crippen LogP) is 12.9. The number of aromatic nitrogens is 12. The molecule has 2 fully saturated rings. The van der Waals surface area contributed by atoms with Crippen LogP contribution in [0.5, 0.6) is 0 Å². The molecule has 3 aromatic carbocycles. The molecule has 0 radical (unpaired) electrons. The van der Waals surface area contributed by atoms with Crippen LogP contribution in [-0.4, -0.2) is 185 Å². The maximum absolute atomic E-state index is 13.0. The van der Waals surface area contributed by atoms with Crippen LogP contribution in [0.25, 0.3) is 100 Å². The van der Waals surface area contributed by atoms with Crippen LogP contribution in [0.15, 0.2) is 163 Å². The normalized spacial score (nSPS) is 14.1. The minimum atomic E-state index is -0.592. The van der Waals surface area contributed by atoms with E-state index in [9.17, 15) is 24.0 Å². The summed E-state index contributed by atoms with van der Waals surface area (Å²) in [6, 6.07) is 41.2. The molecule has 2 aliphatic rings. The van der Waals surface area contributed by atoms with Crippen LogP contribution >= 0.6 is 0 Å². The maximum Gasteiger partial charge on any atom is 0.413 e. The Labute approximate surface area is 611 Å². The van der Waals surface area contributed by atoms with Crippen LogP contribution in [0, 0.1) is 6.92 Å². The van der Waals surface area contributed by atoms with Gasteiger partial charge in [-0.25, -0.2) is 29.3 Å². The van der Waals surface area contributed by atoms with E-state index in [0.717, 1.165) is 128 Å². The second kappa shape index (κ2) is 34.4. The van der Waals surface area contributed by atoms with Crippen molar-refractivity contribution in [3.05, 3.63) is 186 Å². The number of imidazole rings is 3. The number of carbonyl (C=O) groups excluding carboxylic acids is 4. The number of anilines is 3. The van der Waals surface area contributed by atoms with Crippen molar-refractivity contribution in [1.29, 1.82) is 0 Å². The standard InChI is InChI=1S/C27H30N6O3.C26H27N7O3.C25H27N5O4/c1-3-36-27(34)32-26-30-24-14-19(13-22(25(24)31-26)23-8-4-5-11-28-23)18-9-10-20(29-15-18)16-33-12-6-7-21(33)17-35-2;1-3-36-26(35)31-25-29-22-13-18(12-20(24(22)30-25)21-6-4-5-9-27-21)17-7-8-19(28-14-17)15-33-11-10-32(2)23(34)16-33;1-5-34-25(32)29-24-27-21-12-18(11-19(23(21)28-24)20-8-6-7-9-26-20)17-10-15(2)30(22(31)13-17)16(3)14-33-4/h4-5,8-11,13-15,21H,3,6-7,12,16-17H2,1-2H3,(H2,30,31,32,34);4-9,12-14H,3,10-11,15-16H2,1-2H3,(H2,29,30,31,35);6-13,16H,5,14H2,1-4H3,(H2,27,28,29,32)/t21-;;16-/m0.0/s1. The summed E-state index contributed by atoms with van der Waals surface area (Å²) in [4.78, 5) is 113. The highest BCUT2D eigenvalue weighted by Gasteiger charge is 2.26. The van der Waals surface area contributed by atoms with Gasteiger partial charge in [-0.3, -0.25) is 60.3 Å². The number of nitrogens with one attached hydrogen (secondary N) is 6. The molecule has 0 bridgehead atoms. The molecule has 14 rings (SSSR count). The molecule has 106 heavy (non-hydrogen) atoms. The van der Waals surface area contributed by atoms with Crippen LogP contribution in [0.1, 0.15) is 63.7 Å². The zero-order chi connectivity index (χ0) is 74.2. The van der Waals surface area contributed by atoms with Crippen molar-refractivity contribution < 1.29 is 42.9 Å². The third-order valence-corrected chi connectivity index (χ3v) is 18.0. The van der Waals surface area contributed by atoms with Crippen molar-refractivity contribution in [2.75, 3.05) is 96.4 Å². The Balaban J connectivity index is 0.000000149. The van der Waals surface area contributed by atoms with Gasteiger partial charge in [-0.1, -0.05) is 30.3 Å². The Bertz CT molecular complexity index is 5090. The number of piperazine rings is 1. The van der Waals surface area contributed by atoms with E-state index in [2.05, 4.69) is 93.8 Å². The van der Waals surface area contributed by atoms with Gasteiger partial charge in [-0.15, -0.1) is 0 Å². The topological polar surface area (TPSA) is 333 Å². The number of nitrogens with zero attached hydrogens (tertiary/aromatic N) is 12. The van der Waals surface area contributed by atoms with Gasteiger partial charge < -0.3 is 48.1 Å². The van der Waals surface area contributed by atoms with Gasteiger partial charge in [0.25, 0.3) is 5.56 Å². The minimum Gasteiger partial charge on any atom is -0.450 e. The smallest absolute Gasteiger partial charge is 0.413 e. The summed E-state index contributed by atoms with van der Waals surface area (Å²) in [6.07, 6.45) is 9.59. The number of hydrogen-bond donors (Lipinski definition) is 6. The summed E-state index contributed by atoms with van der Waals surface area (Å²) in [5.74, 6) is 1.02. The number of aromatic amines is 3. The van der Waals surface area contributed by atoms with Gasteiger partial charge in [0.1, 0.15) is 0 Å². The first kappa shape index (κ1) is 73.6. The summed E-state index contributed by atoms with van der Waals surface area (Å²) in [7, 11) is 5.21. The number of amides is 4. The van der Waals surface area contributed by atoms with Gasteiger partial charge in [0, 0.05) is 124 Å². The number of rotatable bonds is 21. The molecule has 4 amide bonds. The zero-order valence-corrected chi connectivity index (χ0v) is 60.3. The predicted molar refractivity (Wildman–Crippen MR) is 406 cm³/mol. The number of aryl methyl sites for hydroxylation is 1. The van der Waals surface area contributed by atoms with E-state index in [1.165, 1.54) is 12.8 Å². The zero-order valence-electron chi connectivity index (χ0n) is 60.3. The molecular weight excluding hydrogens is 1350 g/mol. The summed E-state index contributed by atoms with van der Waals surface area (Å²) < 4.78 is 27.2. The van der Waals surface area contributed by atoms with E-state index in [0.29, 0.717) is 59.7 Å². The van der Waals surface area contributed by atoms with Crippen molar-refractivity contribution in [3.8, 4) is 67.2 Å². The number of ether oxygens (including phenoxy) is 5. The number of benzene rings is 3. The fourth-order valence-electron chi connectivity index (χ4n) is 13.0. The summed E-state index contributed by atoms with van der Waals surface area (Å²) >= 11 is 0. The SMILES string of the molecule is CCOC(=O)Nc1nc2c(-c3ccccn3)cc(-c3cc(C)n([C@@H](C)COC)c(=O)c3)cc2[nH]1.CCOC(=O)Nc1nc2c(-c3ccccn3)cc(-c3ccc(CN4CCC[C@H]4COC)nc3)cc2[nH]1.CCOC(=O)Nc1nc2c(-c3ccccn3)cc(-c3ccc(CN4CCN(C)C(=O)C4)nc3)cc2[nH]1. The maximum atomic E-state index is 13.0. The van der Waals surface area contributed by atoms with E-state index >= 15 is 0 Å². The highest BCUT2D eigenvalue weighted by Crippen LogP contribution is 2.37. The molecule has 546 valence electrons. The Morgan fingerprint density at radius 1 is 0.538 bits per heavy atom. The Hall–Kier alpha value is -12.1. The lowest BCUT2D eigenvalue weighted by Crippen LogP contribution is -2.48. The first-order chi connectivity index (χ1) is 51.5. The van der Waals surface area contributed by atoms with Gasteiger partial charge in [0.2, 0.25) is 23.8 Å². The Morgan fingerprint density at radius 3 is 1.39 bits per heavy atom. The molecule has 11 heterocycles. The van der Waals surface area contributed by atoms with E-state index in [4.69, 9.17) is 28.7 Å². The van der Waals surface area contributed by atoms with Crippen LogP contribution in [0.2, 0.25) is 0 Å². The van der Waals surface area contributed by atoms with E-state index in [-0.39, 0.29) is 43.3 Å². The van der Waals surface area contributed by atoms with Crippen molar-refractivity contribution in [1.82, 2.24) is 74.1 Å². The molecule has 0 spiro atoms. The molecule has 12 aromatic rings. The number of H-pyrrole nitrogens is 3. The molecule has 6 N–H and O–H groups in total. The summed E-state index contributed by atoms with van der Waals surface area (Å²) in [5.41, 5.74) is 17.1. The highest BCUT2D eigenvalue weighted by atomic mass is 16.6. The van der Waals surface area contributed by atoms with Crippen LogP contribution < -0.4 is 21.5 Å². The third-order valence-electron chi connectivity index (χ3n) is 18.0. The lowest BCUT2D eigenvalue weighted by molar-refractivity contribution is -0.134. The van der Waals surface area contributed by atoms with Crippen molar-refractivity contribution in [2.45, 2.75) is 72.6 Å². The summed E-state index contributed by atoms with van der Waals surface area (Å²) in [6.45, 7) is 15.6. The molecule has 28 nitrogen and oxygen atoms in total. The number of likely N-dealkylation sites (tertiary alicyclic amines) is 1. The average Bonchev–Trinajstić information content (AvgIpc) is 1.59. The first-order valence-corrected chi connectivity index (χ1v) is 35.0. The first-order valence-electron chi connectivity index (χ1n) is 35.0. The Morgan fingerprint density at radius 2 is 0.991 bits per heavy atom. The van der Waals surface area contributed by atoms with Gasteiger partial charge in [0.05, 0.1) is 107 Å². The molecule has 2 atom stereocenters. The lowest BCUT2D eigenvalue weighted by atomic mass is 9.99. The van der Waals surface area contributed by atoms with Crippen LogP contribution in [0.3, 0.4) is 0 Å². The minimum absolute atomic E-state index is 0.0813. The highest BCUT2D eigenvalue weighted by molar-refractivity contribution is 6.00. The van der Waals surface area contributed by atoms with Gasteiger partial charge in [-0.2, -0.15) is 0 Å². The molecule has 2 saturated heterocycles. The number of carbonyl (C=O) groups is 4. The number of likely N-dealkylation sites (N-methyl/N-ethyl adjacent to an activating group) is 1. The Kier molecular flexibility index (Phi) is 23.9. The van der Waals surface area contributed by atoms with Crippen LogP contribution in [-0.2, 0) is 41.6 Å². The quantitative estimate of drug-likeness (QED) is 0.0364. The molecule has 0 unspecified atom stereocenters. The number of methoxy groups -OCH3 is 2. The molecular formula is C78H84N18O10. The fraction of sp³-hybridized carbons (Fsp3) is 0.295. The van der Waals surface area contributed by atoms with E-state index in [1.54, 1.807) is 69.1 Å². The number of fused-ring (bicyclic) bond motifs is 3. The molecule has 9 aromatic heterocycles. The molecule has 0 aliphatic carbocycles. The second-order valence-electron chi connectivity index (χ2n) is 25.4. The van der Waals surface area contributed by atoms with Crippen molar-refractivity contribution >= 4 is 75.1 Å². The average molecular weight is 1430 g/mol. The van der Waals surface area contributed by atoms with Gasteiger partial charge >= 0.3 is 18.3 Å². The van der Waals surface area contributed by atoms with Crippen molar-refractivity contribution in [2.24, 2.45) is 0 Å². The van der Waals surface area contributed by atoms with E-state index < -0.39 is 18.3 Å². The molecule has 2 aliphatic heterocycles. The monoisotopic (exact) mass is 1430 g/mol. The lowest BCUT2D eigenvalue weighted by Gasteiger charge is -2.31.